The number of amides is 1. The van der Waals surface area contributed by atoms with E-state index < -0.39 is 0 Å². The summed E-state index contributed by atoms with van der Waals surface area (Å²) in [5.41, 5.74) is 2.22. The molecule has 5 nitrogen and oxygen atoms in total. The second-order valence-corrected chi connectivity index (χ2v) is 6.90. The molecule has 0 radical (unpaired) electrons. The highest BCUT2D eigenvalue weighted by Crippen LogP contribution is 2.48. The molecule has 1 aromatic carbocycles. The van der Waals surface area contributed by atoms with Gasteiger partial charge in [-0.3, -0.25) is 9.69 Å². The second kappa shape index (κ2) is 6.40. The van der Waals surface area contributed by atoms with Crippen LogP contribution in [0.25, 0.3) is 0 Å². The summed E-state index contributed by atoms with van der Waals surface area (Å²) in [7, 11) is 0. The standard InChI is InChI=1S/C19H23N3O2/c1-14-11-16(24-20-14)13-21-7-9-22(10-8-21)19(23)18-12-17(18)15-5-3-2-4-6-15/h2-6,11,17-18H,7-10,12-13H2,1H3/t17-,18+/m1/s1. The molecule has 0 unspecified atom stereocenters. The second-order valence-electron chi connectivity index (χ2n) is 6.90. The van der Waals surface area contributed by atoms with Crippen LogP contribution in [0.4, 0.5) is 0 Å². The number of piperazine rings is 1. The van der Waals surface area contributed by atoms with Gasteiger partial charge in [0.05, 0.1) is 12.2 Å². The number of hydrogen-bond acceptors (Lipinski definition) is 4. The Labute approximate surface area is 142 Å². The van der Waals surface area contributed by atoms with Crippen LogP contribution < -0.4 is 0 Å². The highest BCUT2D eigenvalue weighted by atomic mass is 16.5. The molecule has 2 heterocycles. The monoisotopic (exact) mass is 325 g/mol. The van der Waals surface area contributed by atoms with Crippen LogP contribution in [0.5, 0.6) is 0 Å². The van der Waals surface area contributed by atoms with Gasteiger partial charge in [0.1, 0.15) is 0 Å². The van der Waals surface area contributed by atoms with Gasteiger partial charge >= 0.3 is 0 Å². The number of hydrogen-bond donors (Lipinski definition) is 0. The van der Waals surface area contributed by atoms with Gasteiger partial charge < -0.3 is 9.42 Å². The first-order valence-corrected chi connectivity index (χ1v) is 8.69. The molecule has 1 saturated carbocycles. The molecule has 0 bridgehead atoms. The first-order valence-electron chi connectivity index (χ1n) is 8.69. The summed E-state index contributed by atoms with van der Waals surface area (Å²) in [4.78, 5) is 17.1. The molecular weight excluding hydrogens is 302 g/mol. The molecule has 4 rings (SSSR count). The number of benzene rings is 1. The molecule has 1 saturated heterocycles. The summed E-state index contributed by atoms with van der Waals surface area (Å²) in [6.45, 7) is 6.12. The lowest BCUT2D eigenvalue weighted by Crippen LogP contribution is -2.48. The third kappa shape index (κ3) is 3.22. The van der Waals surface area contributed by atoms with E-state index in [1.54, 1.807) is 0 Å². The van der Waals surface area contributed by atoms with E-state index in [0.717, 1.165) is 50.6 Å². The third-order valence-corrected chi connectivity index (χ3v) is 5.08. The molecule has 126 valence electrons. The average molecular weight is 325 g/mol. The minimum absolute atomic E-state index is 0.191. The topological polar surface area (TPSA) is 49.6 Å². The van der Waals surface area contributed by atoms with Crippen LogP contribution in [-0.4, -0.2) is 47.0 Å². The fourth-order valence-corrected chi connectivity index (χ4v) is 3.61. The predicted octanol–water partition coefficient (Wildman–Crippen LogP) is 2.43. The van der Waals surface area contributed by atoms with Gasteiger partial charge in [0.15, 0.2) is 5.76 Å². The van der Waals surface area contributed by atoms with Gasteiger partial charge in [-0.25, -0.2) is 0 Å². The summed E-state index contributed by atoms with van der Waals surface area (Å²) in [6.07, 6.45) is 1.00. The van der Waals surface area contributed by atoms with Crippen molar-refractivity contribution in [3.8, 4) is 0 Å². The van der Waals surface area contributed by atoms with Crippen LogP contribution in [0.2, 0.25) is 0 Å². The Hall–Kier alpha value is -2.14. The zero-order chi connectivity index (χ0) is 16.5. The fraction of sp³-hybridized carbons (Fsp3) is 0.474. The summed E-state index contributed by atoms with van der Waals surface area (Å²) in [5.74, 6) is 1.85. The Morgan fingerprint density at radius 3 is 2.62 bits per heavy atom. The van der Waals surface area contributed by atoms with Crippen molar-refractivity contribution in [1.29, 1.82) is 0 Å². The van der Waals surface area contributed by atoms with Crippen LogP contribution >= 0.6 is 0 Å². The Balaban J connectivity index is 1.28. The fourth-order valence-electron chi connectivity index (χ4n) is 3.61. The lowest BCUT2D eigenvalue weighted by molar-refractivity contribution is -0.134. The summed E-state index contributed by atoms with van der Waals surface area (Å²) >= 11 is 0. The number of aromatic nitrogens is 1. The SMILES string of the molecule is Cc1cc(CN2CCN(C(=O)[C@H]3C[C@@H]3c3ccccc3)CC2)on1. The number of nitrogens with zero attached hydrogens (tertiary/aromatic N) is 3. The van der Waals surface area contributed by atoms with E-state index in [2.05, 4.69) is 34.3 Å². The molecule has 2 atom stereocenters. The third-order valence-electron chi connectivity index (χ3n) is 5.08. The van der Waals surface area contributed by atoms with Gasteiger partial charge in [0.25, 0.3) is 0 Å². The number of rotatable bonds is 4. The number of aryl methyl sites for hydroxylation is 1. The molecule has 5 heteroatoms. The molecule has 1 aromatic heterocycles. The predicted molar refractivity (Wildman–Crippen MR) is 90.4 cm³/mol. The summed E-state index contributed by atoms with van der Waals surface area (Å²) < 4.78 is 5.28. The minimum Gasteiger partial charge on any atom is -0.360 e. The van der Waals surface area contributed by atoms with Crippen molar-refractivity contribution < 1.29 is 9.32 Å². The van der Waals surface area contributed by atoms with E-state index in [4.69, 9.17) is 4.52 Å². The maximum Gasteiger partial charge on any atom is 0.226 e. The van der Waals surface area contributed by atoms with Gasteiger partial charge in [0.2, 0.25) is 5.91 Å². The van der Waals surface area contributed by atoms with Crippen molar-refractivity contribution in [1.82, 2.24) is 15.0 Å². The summed E-state index contributed by atoms with van der Waals surface area (Å²) in [5, 5.41) is 3.93. The van der Waals surface area contributed by atoms with Gasteiger partial charge in [-0.1, -0.05) is 35.5 Å². The van der Waals surface area contributed by atoms with Crippen molar-refractivity contribution in [2.75, 3.05) is 26.2 Å². The van der Waals surface area contributed by atoms with Gasteiger partial charge in [-0.05, 0) is 24.8 Å². The lowest BCUT2D eigenvalue weighted by atomic mass is 10.1. The van der Waals surface area contributed by atoms with Crippen molar-refractivity contribution in [2.45, 2.75) is 25.8 Å². The van der Waals surface area contributed by atoms with Crippen LogP contribution in [-0.2, 0) is 11.3 Å². The number of carbonyl (C=O) groups excluding carboxylic acids is 1. The minimum atomic E-state index is 0.191. The van der Waals surface area contributed by atoms with Crippen molar-refractivity contribution in [3.05, 3.63) is 53.4 Å². The smallest absolute Gasteiger partial charge is 0.226 e. The average Bonchev–Trinajstić information content (AvgIpc) is 3.32. The quantitative estimate of drug-likeness (QED) is 0.866. The molecule has 0 N–H and O–H groups in total. The van der Waals surface area contributed by atoms with E-state index in [-0.39, 0.29) is 5.92 Å². The van der Waals surface area contributed by atoms with E-state index in [1.807, 2.05) is 24.0 Å². The number of carbonyl (C=O) groups is 1. The highest BCUT2D eigenvalue weighted by Gasteiger charge is 2.45. The van der Waals surface area contributed by atoms with Gasteiger partial charge in [0, 0.05) is 38.2 Å². The largest absolute Gasteiger partial charge is 0.360 e. The molecule has 1 aliphatic heterocycles. The molecule has 1 amide bonds. The zero-order valence-corrected chi connectivity index (χ0v) is 14.0. The molecule has 0 spiro atoms. The first-order chi connectivity index (χ1) is 11.7. The molecule has 2 aromatic rings. The van der Waals surface area contributed by atoms with Gasteiger partial charge in [-0.15, -0.1) is 0 Å². The maximum absolute atomic E-state index is 12.7. The van der Waals surface area contributed by atoms with Crippen molar-refractivity contribution >= 4 is 5.91 Å². The zero-order valence-electron chi connectivity index (χ0n) is 14.0. The van der Waals surface area contributed by atoms with Crippen LogP contribution in [0.3, 0.4) is 0 Å². The van der Waals surface area contributed by atoms with Gasteiger partial charge in [-0.2, -0.15) is 0 Å². The van der Waals surface area contributed by atoms with E-state index in [1.165, 1.54) is 5.56 Å². The molecule has 1 aliphatic carbocycles. The normalized spacial score (nSPS) is 24.1. The Kier molecular flexibility index (Phi) is 4.10. The lowest BCUT2D eigenvalue weighted by Gasteiger charge is -2.34. The van der Waals surface area contributed by atoms with E-state index in [9.17, 15) is 4.79 Å². The van der Waals surface area contributed by atoms with Crippen LogP contribution in [0.1, 0.15) is 29.4 Å². The van der Waals surface area contributed by atoms with E-state index >= 15 is 0 Å². The highest BCUT2D eigenvalue weighted by molar-refractivity contribution is 5.83. The van der Waals surface area contributed by atoms with E-state index in [0.29, 0.717) is 11.8 Å². The van der Waals surface area contributed by atoms with Crippen molar-refractivity contribution in [3.63, 3.8) is 0 Å². The van der Waals surface area contributed by atoms with Crippen molar-refractivity contribution in [2.24, 2.45) is 5.92 Å². The van der Waals surface area contributed by atoms with Crippen LogP contribution in [0.15, 0.2) is 40.9 Å². The Bertz CT molecular complexity index is 704. The Morgan fingerprint density at radius 2 is 1.96 bits per heavy atom. The molecule has 2 fully saturated rings. The first kappa shape index (κ1) is 15.4. The molecule has 2 aliphatic rings. The Morgan fingerprint density at radius 1 is 1.21 bits per heavy atom. The molecular formula is C19H23N3O2. The van der Waals surface area contributed by atoms with Crippen LogP contribution in [0, 0.1) is 12.8 Å². The molecule has 24 heavy (non-hydrogen) atoms. The maximum atomic E-state index is 12.7. The summed E-state index contributed by atoms with van der Waals surface area (Å²) in [6, 6.07) is 12.4.